The Balaban J connectivity index is 1.70. The summed E-state index contributed by atoms with van der Waals surface area (Å²) in [4.78, 5) is 2.04. The van der Waals surface area contributed by atoms with Gasteiger partial charge >= 0.3 is 0 Å². The molecule has 0 unspecified atom stereocenters. The zero-order valence-electron chi connectivity index (χ0n) is 16.4. The number of halogens is 2. The third kappa shape index (κ3) is 4.51. The van der Waals surface area contributed by atoms with Gasteiger partial charge in [0.15, 0.2) is 5.82 Å². The molecule has 0 amide bonds. The summed E-state index contributed by atoms with van der Waals surface area (Å²) >= 11 is 11.8. The molecule has 0 radical (unpaired) electrons. The van der Waals surface area contributed by atoms with E-state index >= 15 is 0 Å². The molecule has 0 aliphatic heterocycles. The van der Waals surface area contributed by atoms with Crippen LogP contribution in [0.3, 0.4) is 0 Å². The summed E-state index contributed by atoms with van der Waals surface area (Å²) in [6.45, 7) is 1.05. The van der Waals surface area contributed by atoms with Crippen molar-refractivity contribution in [3.63, 3.8) is 0 Å². The maximum absolute atomic E-state index is 13.5. The van der Waals surface area contributed by atoms with Gasteiger partial charge in [-0.3, -0.25) is 9.47 Å². The first kappa shape index (κ1) is 20.5. The fourth-order valence-electron chi connectivity index (χ4n) is 3.32. The number of benzene rings is 3. The first-order valence-electron chi connectivity index (χ1n) is 9.45. The molecule has 0 bridgehead atoms. The Hall–Kier alpha value is -2.80. The highest BCUT2D eigenvalue weighted by atomic mass is 35.5. The smallest absolute Gasteiger partial charge is 0.204 e. The highest BCUT2D eigenvalue weighted by Gasteiger charge is 2.15. The van der Waals surface area contributed by atoms with Crippen LogP contribution < -0.4 is 0 Å². The van der Waals surface area contributed by atoms with Gasteiger partial charge in [-0.15, -0.1) is 5.10 Å². The highest BCUT2D eigenvalue weighted by molar-refractivity contribution is 7.71. The second kappa shape index (κ2) is 8.92. The van der Waals surface area contributed by atoms with Crippen molar-refractivity contribution in [1.82, 2.24) is 19.2 Å². The van der Waals surface area contributed by atoms with Crippen molar-refractivity contribution in [2.24, 2.45) is 0 Å². The predicted molar refractivity (Wildman–Crippen MR) is 121 cm³/mol. The largest absolute Gasteiger partial charge is 0.283 e. The molecule has 0 aliphatic carbocycles. The Labute approximate surface area is 184 Å². The Morgan fingerprint density at radius 1 is 1.00 bits per heavy atom. The Morgan fingerprint density at radius 3 is 2.43 bits per heavy atom. The van der Waals surface area contributed by atoms with E-state index in [1.807, 2.05) is 77.2 Å². The molecular weight excluding hydrogens is 419 g/mol. The molecule has 0 aliphatic rings. The minimum atomic E-state index is -0.240. The molecular formula is C23H20ClFN4S. The molecule has 3 aromatic carbocycles. The molecule has 0 fully saturated rings. The summed E-state index contributed by atoms with van der Waals surface area (Å²) in [7, 11) is 1.95. The number of aromatic nitrogens is 3. The topological polar surface area (TPSA) is 26.0 Å². The average Bonchev–Trinajstić information content (AvgIpc) is 3.05. The van der Waals surface area contributed by atoms with E-state index in [2.05, 4.69) is 0 Å². The van der Waals surface area contributed by atoms with E-state index in [9.17, 15) is 4.39 Å². The normalized spacial score (nSPS) is 11.2. The molecule has 152 valence electrons. The van der Waals surface area contributed by atoms with Crippen molar-refractivity contribution >= 4 is 23.8 Å². The van der Waals surface area contributed by atoms with E-state index in [1.165, 1.54) is 12.1 Å². The Bertz CT molecular complexity index is 1200. The van der Waals surface area contributed by atoms with Crippen molar-refractivity contribution in [2.75, 3.05) is 7.05 Å². The second-order valence-corrected chi connectivity index (χ2v) is 7.87. The lowest BCUT2D eigenvalue weighted by atomic mass is 10.2. The number of hydrogen-bond donors (Lipinski definition) is 0. The molecule has 4 nitrogen and oxygen atoms in total. The van der Waals surface area contributed by atoms with Crippen molar-refractivity contribution in [1.29, 1.82) is 0 Å². The predicted octanol–water partition coefficient (Wildman–Crippen LogP) is 5.95. The quantitative estimate of drug-likeness (QED) is 0.348. The fraction of sp³-hybridized carbons (Fsp3) is 0.130. The first-order chi connectivity index (χ1) is 14.5. The van der Waals surface area contributed by atoms with Crippen LogP contribution in [0.15, 0.2) is 78.9 Å². The SMILES string of the molecule is CN(Cc1cccc(F)c1)Cn1nc(-c2ccc(Cl)cc2)n(-c2ccccc2)c1=S. The molecule has 0 spiro atoms. The minimum Gasteiger partial charge on any atom is -0.283 e. The van der Waals surface area contributed by atoms with Gasteiger partial charge in [-0.1, -0.05) is 41.9 Å². The van der Waals surface area contributed by atoms with Crippen molar-refractivity contribution in [3.05, 3.63) is 100 Å². The summed E-state index contributed by atoms with van der Waals surface area (Å²) in [5, 5.41) is 5.47. The fourth-order valence-corrected chi connectivity index (χ4v) is 3.74. The summed E-state index contributed by atoms with van der Waals surface area (Å²) < 4.78 is 17.8. The molecule has 0 saturated carbocycles. The highest BCUT2D eigenvalue weighted by Crippen LogP contribution is 2.24. The van der Waals surface area contributed by atoms with Gasteiger partial charge < -0.3 is 0 Å². The van der Waals surface area contributed by atoms with E-state index in [0.717, 1.165) is 22.6 Å². The molecule has 0 saturated heterocycles. The number of rotatable bonds is 6. The van der Waals surface area contributed by atoms with E-state index in [-0.39, 0.29) is 5.82 Å². The lowest BCUT2D eigenvalue weighted by molar-refractivity contribution is 0.244. The third-order valence-electron chi connectivity index (χ3n) is 4.67. The van der Waals surface area contributed by atoms with Crippen LogP contribution in [0.25, 0.3) is 17.1 Å². The monoisotopic (exact) mass is 438 g/mol. The van der Waals surface area contributed by atoms with Gasteiger partial charge in [0, 0.05) is 22.8 Å². The van der Waals surface area contributed by atoms with Crippen LogP contribution >= 0.6 is 23.8 Å². The van der Waals surface area contributed by atoms with E-state index < -0.39 is 0 Å². The number of para-hydroxylation sites is 1. The maximum atomic E-state index is 13.5. The van der Waals surface area contributed by atoms with Crippen molar-refractivity contribution in [3.8, 4) is 17.1 Å². The summed E-state index contributed by atoms with van der Waals surface area (Å²) in [6.07, 6.45) is 0. The van der Waals surface area contributed by atoms with Crippen LogP contribution in [0.4, 0.5) is 4.39 Å². The van der Waals surface area contributed by atoms with Crippen LogP contribution in [0.2, 0.25) is 5.02 Å². The van der Waals surface area contributed by atoms with Gasteiger partial charge in [-0.2, -0.15) is 0 Å². The lowest BCUT2D eigenvalue weighted by Crippen LogP contribution is -2.22. The van der Waals surface area contributed by atoms with Gasteiger partial charge in [-0.25, -0.2) is 9.07 Å². The van der Waals surface area contributed by atoms with Gasteiger partial charge in [0.05, 0.1) is 6.67 Å². The van der Waals surface area contributed by atoms with Gasteiger partial charge in [0.1, 0.15) is 5.82 Å². The molecule has 7 heteroatoms. The zero-order chi connectivity index (χ0) is 21.1. The Kier molecular flexibility index (Phi) is 6.08. The zero-order valence-corrected chi connectivity index (χ0v) is 17.9. The summed E-state index contributed by atoms with van der Waals surface area (Å²) in [5.74, 6) is 0.498. The van der Waals surface area contributed by atoms with Gasteiger partial charge in [0.2, 0.25) is 4.77 Å². The summed E-state index contributed by atoms with van der Waals surface area (Å²) in [6, 6.07) is 24.0. The molecule has 1 aromatic heterocycles. The minimum absolute atomic E-state index is 0.240. The third-order valence-corrected chi connectivity index (χ3v) is 5.32. The van der Waals surface area contributed by atoms with Crippen molar-refractivity contribution in [2.45, 2.75) is 13.2 Å². The number of hydrogen-bond acceptors (Lipinski definition) is 3. The van der Waals surface area contributed by atoms with E-state index in [4.69, 9.17) is 28.9 Å². The Morgan fingerprint density at radius 2 is 1.73 bits per heavy atom. The molecule has 0 N–H and O–H groups in total. The molecule has 4 rings (SSSR count). The first-order valence-corrected chi connectivity index (χ1v) is 10.2. The molecule has 0 atom stereocenters. The average molecular weight is 439 g/mol. The second-order valence-electron chi connectivity index (χ2n) is 7.07. The standard InChI is InChI=1S/C23H20ClFN4S/c1-27(15-17-6-5-7-20(25)14-17)16-28-23(30)29(21-8-3-2-4-9-21)22(26-28)18-10-12-19(24)13-11-18/h2-14H,15-16H2,1H3. The van der Waals surface area contributed by atoms with Crippen LogP contribution in [0.1, 0.15) is 5.56 Å². The van der Waals surface area contributed by atoms with Crippen LogP contribution in [0.5, 0.6) is 0 Å². The van der Waals surface area contributed by atoms with Gasteiger partial charge in [0.25, 0.3) is 0 Å². The maximum Gasteiger partial charge on any atom is 0.204 e. The van der Waals surface area contributed by atoms with Crippen LogP contribution in [-0.2, 0) is 13.2 Å². The lowest BCUT2D eigenvalue weighted by Gasteiger charge is -2.16. The molecule has 4 aromatic rings. The van der Waals surface area contributed by atoms with Crippen LogP contribution in [0, 0.1) is 10.6 Å². The van der Waals surface area contributed by atoms with Gasteiger partial charge in [-0.05, 0) is 73.4 Å². The van der Waals surface area contributed by atoms with E-state index in [0.29, 0.717) is 23.0 Å². The molecule has 1 heterocycles. The summed E-state index contributed by atoms with van der Waals surface area (Å²) in [5.41, 5.74) is 2.75. The number of nitrogens with zero attached hydrogens (tertiary/aromatic N) is 4. The van der Waals surface area contributed by atoms with E-state index in [1.54, 1.807) is 10.7 Å². The molecule has 30 heavy (non-hydrogen) atoms. The van der Waals surface area contributed by atoms with Crippen molar-refractivity contribution < 1.29 is 4.39 Å². The van der Waals surface area contributed by atoms with Crippen LogP contribution in [-0.4, -0.2) is 26.3 Å².